The van der Waals surface area contributed by atoms with Crippen molar-refractivity contribution in [1.29, 1.82) is 0 Å². The van der Waals surface area contributed by atoms with Crippen LogP contribution in [0.15, 0.2) is 24.3 Å². The molecule has 1 heterocycles. The summed E-state index contributed by atoms with van der Waals surface area (Å²) in [6.45, 7) is 5.02. The van der Waals surface area contributed by atoms with E-state index >= 15 is 0 Å². The Balaban J connectivity index is 2.03. The number of hydrogen-bond acceptors (Lipinski definition) is 2. The van der Waals surface area contributed by atoms with E-state index in [1.807, 2.05) is 29.2 Å². The van der Waals surface area contributed by atoms with Crippen molar-refractivity contribution in [1.82, 2.24) is 10.2 Å². The molecule has 1 aromatic rings. The molecule has 1 fully saturated rings. The molecule has 0 aliphatic carbocycles. The predicted octanol–water partition coefficient (Wildman–Crippen LogP) is 2.73. The van der Waals surface area contributed by atoms with Crippen LogP contribution in [-0.4, -0.2) is 29.3 Å². The zero-order valence-corrected chi connectivity index (χ0v) is 12.9. The molecule has 1 unspecified atom stereocenters. The molecule has 1 aliphatic rings. The number of hydrogen-bond donors (Lipinski definition) is 1. The summed E-state index contributed by atoms with van der Waals surface area (Å²) in [5.74, 6) is 0.0851. The minimum atomic E-state index is -0.0470. The van der Waals surface area contributed by atoms with Gasteiger partial charge in [-0.15, -0.1) is 0 Å². The third kappa shape index (κ3) is 4.06. The fourth-order valence-corrected chi connectivity index (χ4v) is 2.85. The Morgan fingerprint density at radius 1 is 1.24 bits per heavy atom. The summed E-state index contributed by atoms with van der Waals surface area (Å²) >= 11 is 0. The third-order valence-electron chi connectivity index (χ3n) is 4.10. The Morgan fingerprint density at radius 2 is 1.95 bits per heavy atom. The lowest BCUT2D eigenvalue weighted by Crippen LogP contribution is -2.43. The van der Waals surface area contributed by atoms with Crippen molar-refractivity contribution >= 4 is 11.8 Å². The second-order valence-corrected chi connectivity index (χ2v) is 5.66. The van der Waals surface area contributed by atoms with Gasteiger partial charge in [0.1, 0.15) is 0 Å². The molecular formula is C17H24N2O2. The van der Waals surface area contributed by atoms with Gasteiger partial charge in [0.15, 0.2) is 0 Å². The molecule has 114 valence electrons. The average molecular weight is 288 g/mol. The van der Waals surface area contributed by atoms with Gasteiger partial charge < -0.3 is 10.2 Å². The Hall–Kier alpha value is -1.84. The lowest BCUT2D eigenvalue weighted by Gasteiger charge is -2.35. The van der Waals surface area contributed by atoms with Gasteiger partial charge in [0.25, 0.3) is 5.91 Å². The van der Waals surface area contributed by atoms with Gasteiger partial charge in [-0.3, -0.25) is 9.59 Å². The number of likely N-dealkylation sites (tertiary alicyclic amines) is 1. The summed E-state index contributed by atoms with van der Waals surface area (Å²) in [5.41, 5.74) is 1.74. The topological polar surface area (TPSA) is 49.4 Å². The molecule has 0 aromatic heterocycles. The summed E-state index contributed by atoms with van der Waals surface area (Å²) in [5, 5.41) is 2.76. The van der Waals surface area contributed by atoms with Crippen molar-refractivity contribution < 1.29 is 9.59 Å². The van der Waals surface area contributed by atoms with Crippen LogP contribution >= 0.6 is 0 Å². The van der Waals surface area contributed by atoms with E-state index in [0.29, 0.717) is 12.6 Å². The quantitative estimate of drug-likeness (QED) is 0.926. The highest BCUT2D eigenvalue weighted by molar-refractivity contribution is 5.94. The van der Waals surface area contributed by atoms with Gasteiger partial charge >= 0.3 is 0 Å². The molecule has 1 atom stereocenters. The van der Waals surface area contributed by atoms with Crippen molar-refractivity contribution in [2.24, 2.45) is 0 Å². The largest absolute Gasteiger partial charge is 0.352 e. The van der Waals surface area contributed by atoms with Gasteiger partial charge in [0.2, 0.25) is 5.91 Å². The number of amides is 2. The lowest BCUT2D eigenvalue weighted by molar-refractivity contribution is -0.119. The minimum absolute atomic E-state index is 0.0470. The number of nitrogens with one attached hydrogen (secondary N) is 1. The number of nitrogens with zero attached hydrogens (tertiary/aromatic N) is 1. The van der Waals surface area contributed by atoms with Crippen LogP contribution in [0.5, 0.6) is 0 Å². The van der Waals surface area contributed by atoms with Crippen LogP contribution in [0.1, 0.15) is 55.5 Å². The molecule has 4 heteroatoms. The first-order valence-electron chi connectivity index (χ1n) is 7.76. The van der Waals surface area contributed by atoms with Crippen LogP contribution in [0.2, 0.25) is 0 Å². The second kappa shape index (κ2) is 7.25. The maximum absolute atomic E-state index is 12.6. The standard InChI is InChI=1S/C17H24N2O2/c1-3-16-6-4-5-11-19(16)17(21)15-9-7-14(8-10-15)12-18-13(2)20/h7-10,16H,3-6,11-12H2,1-2H3,(H,18,20). The normalized spacial score (nSPS) is 18.4. The summed E-state index contributed by atoms with van der Waals surface area (Å²) in [4.78, 5) is 25.5. The Morgan fingerprint density at radius 3 is 2.57 bits per heavy atom. The summed E-state index contributed by atoms with van der Waals surface area (Å²) in [6.07, 6.45) is 4.45. The van der Waals surface area contributed by atoms with Crippen LogP contribution in [0, 0.1) is 0 Å². The monoisotopic (exact) mass is 288 g/mol. The molecular weight excluding hydrogens is 264 g/mol. The number of piperidine rings is 1. The average Bonchev–Trinajstić information content (AvgIpc) is 2.52. The highest BCUT2D eigenvalue weighted by Crippen LogP contribution is 2.21. The van der Waals surface area contributed by atoms with E-state index in [1.54, 1.807) is 0 Å². The van der Waals surface area contributed by atoms with Crippen LogP contribution < -0.4 is 5.32 Å². The highest BCUT2D eigenvalue weighted by atomic mass is 16.2. The van der Waals surface area contributed by atoms with Gasteiger partial charge in [-0.2, -0.15) is 0 Å². The predicted molar refractivity (Wildman–Crippen MR) is 82.9 cm³/mol. The van der Waals surface area contributed by atoms with E-state index in [0.717, 1.165) is 36.9 Å². The van der Waals surface area contributed by atoms with E-state index < -0.39 is 0 Å². The van der Waals surface area contributed by atoms with E-state index in [-0.39, 0.29) is 11.8 Å². The zero-order chi connectivity index (χ0) is 15.2. The molecule has 0 bridgehead atoms. The third-order valence-corrected chi connectivity index (χ3v) is 4.10. The molecule has 1 saturated heterocycles. The van der Waals surface area contributed by atoms with Crippen molar-refractivity contribution in [3.8, 4) is 0 Å². The Kier molecular flexibility index (Phi) is 5.37. The molecule has 0 radical (unpaired) electrons. The smallest absolute Gasteiger partial charge is 0.254 e. The van der Waals surface area contributed by atoms with Crippen molar-refractivity contribution in [2.45, 2.75) is 52.1 Å². The molecule has 1 aromatic carbocycles. The number of benzene rings is 1. The molecule has 1 aliphatic heterocycles. The summed E-state index contributed by atoms with van der Waals surface area (Å²) in [7, 11) is 0. The summed E-state index contributed by atoms with van der Waals surface area (Å²) in [6, 6.07) is 7.93. The first-order valence-corrected chi connectivity index (χ1v) is 7.76. The van der Waals surface area contributed by atoms with Gasteiger partial charge in [0.05, 0.1) is 0 Å². The molecule has 2 rings (SSSR count). The number of carbonyl (C=O) groups is 2. The molecule has 2 amide bonds. The van der Waals surface area contributed by atoms with Crippen LogP contribution in [-0.2, 0) is 11.3 Å². The Bertz CT molecular complexity index is 496. The molecule has 0 saturated carbocycles. The maximum atomic E-state index is 12.6. The van der Waals surface area contributed by atoms with Crippen LogP contribution in [0.3, 0.4) is 0 Å². The Labute approximate surface area is 126 Å². The summed E-state index contributed by atoms with van der Waals surface area (Å²) < 4.78 is 0. The van der Waals surface area contributed by atoms with E-state index in [9.17, 15) is 9.59 Å². The fraction of sp³-hybridized carbons (Fsp3) is 0.529. The maximum Gasteiger partial charge on any atom is 0.254 e. The SMILES string of the molecule is CCC1CCCCN1C(=O)c1ccc(CNC(C)=O)cc1. The van der Waals surface area contributed by atoms with Gasteiger partial charge in [-0.05, 0) is 43.4 Å². The van der Waals surface area contributed by atoms with Gasteiger partial charge in [0, 0.05) is 31.6 Å². The van der Waals surface area contributed by atoms with Crippen molar-refractivity contribution in [2.75, 3.05) is 6.54 Å². The molecule has 4 nitrogen and oxygen atoms in total. The second-order valence-electron chi connectivity index (χ2n) is 5.66. The highest BCUT2D eigenvalue weighted by Gasteiger charge is 2.25. The minimum Gasteiger partial charge on any atom is -0.352 e. The zero-order valence-electron chi connectivity index (χ0n) is 12.9. The van der Waals surface area contributed by atoms with Crippen LogP contribution in [0.25, 0.3) is 0 Å². The van der Waals surface area contributed by atoms with Gasteiger partial charge in [-0.1, -0.05) is 19.1 Å². The van der Waals surface area contributed by atoms with E-state index in [2.05, 4.69) is 12.2 Å². The van der Waals surface area contributed by atoms with E-state index in [1.165, 1.54) is 13.3 Å². The number of rotatable bonds is 4. The van der Waals surface area contributed by atoms with Crippen LogP contribution in [0.4, 0.5) is 0 Å². The molecule has 21 heavy (non-hydrogen) atoms. The van der Waals surface area contributed by atoms with Gasteiger partial charge in [-0.25, -0.2) is 0 Å². The van der Waals surface area contributed by atoms with Crippen molar-refractivity contribution in [3.05, 3.63) is 35.4 Å². The first-order chi connectivity index (χ1) is 10.1. The molecule has 1 N–H and O–H groups in total. The van der Waals surface area contributed by atoms with E-state index in [4.69, 9.17) is 0 Å². The first kappa shape index (κ1) is 15.5. The fourth-order valence-electron chi connectivity index (χ4n) is 2.85. The molecule has 0 spiro atoms. The number of carbonyl (C=O) groups excluding carboxylic acids is 2. The lowest BCUT2D eigenvalue weighted by atomic mass is 9.98. The van der Waals surface area contributed by atoms with Crippen molar-refractivity contribution in [3.63, 3.8) is 0 Å².